The zero-order valence-corrected chi connectivity index (χ0v) is 10.1. The minimum absolute atomic E-state index is 0.173. The maximum Gasteiger partial charge on any atom is 0.213 e. The van der Waals surface area contributed by atoms with Gasteiger partial charge in [-0.25, -0.2) is 4.98 Å². The van der Waals surface area contributed by atoms with E-state index in [9.17, 15) is 0 Å². The Balaban J connectivity index is 1.68. The van der Waals surface area contributed by atoms with E-state index in [0.29, 0.717) is 18.4 Å². The summed E-state index contributed by atoms with van der Waals surface area (Å²) in [6, 6.07) is 5.75. The molecule has 17 heavy (non-hydrogen) atoms. The molecule has 2 fully saturated rings. The van der Waals surface area contributed by atoms with Crippen molar-refractivity contribution in [2.24, 2.45) is 11.3 Å². The number of hydrogen-bond acceptors (Lipinski definition) is 4. The lowest BCUT2D eigenvalue weighted by atomic mass is 9.82. The lowest BCUT2D eigenvalue weighted by molar-refractivity contribution is 0.0935. The molecule has 0 radical (unpaired) electrons. The Bertz CT molecular complexity index is 384. The number of nitrogens with zero attached hydrogens (tertiary/aromatic N) is 2. The Kier molecular flexibility index (Phi) is 2.76. The van der Waals surface area contributed by atoms with E-state index >= 15 is 0 Å². The van der Waals surface area contributed by atoms with Crippen LogP contribution < -0.4 is 4.74 Å². The molecule has 4 heteroatoms. The van der Waals surface area contributed by atoms with Gasteiger partial charge in [-0.05, 0) is 13.1 Å². The largest absolute Gasteiger partial charge is 0.477 e. The minimum atomic E-state index is 0.173. The number of fused-ring (bicyclic) bond motifs is 1. The first kappa shape index (κ1) is 11.0. The normalized spacial score (nSPS) is 32.6. The molecular weight excluding hydrogens is 216 g/mol. The van der Waals surface area contributed by atoms with Crippen LogP contribution in [0.1, 0.15) is 0 Å². The molecule has 1 aromatic rings. The van der Waals surface area contributed by atoms with Gasteiger partial charge in [0.1, 0.15) is 0 Å². The fraction of sp³-hybridized carbons (Fsp3) is 0.615. The van der Waals surface area contributed by atoms with Crippen molar-refractivity contribution < 1.29 is 9.47 Å². The Labute approximate surface area is 102 Å². The highest BCUT2D eigenvalue weighted by Crippen LogP contribution is 2.40. The van der Waals surface area contributed by atoms with Gasteiger partial charge in [-0.1, -0.05) is 6.07 Å². The van der Waals surface area contributed by atoms with Crippen LogP contribution >= 0.6 is 0 Å². The second kappa shape index (κ2) is 4.27. The standard InChI is InChI=1S/C13H18N2O2/c1-15-6-11-7-16-9-13(11,8-15)10-17-12-4-2-3-5-14-12/h2-5,11H,6-10H2,1H3/t11-,13+/m1/s1. The summed E-state index contributed by atoms with van der Waals surface area (Å²) < 4.78 is 11.4. The fourth-order valence-corrected chi connectivity index (χ4v) is 2.95. The zero-order valence-electron chi connectivity index (χ0n) is 10.1. The minimum Gasteiger partial charge on any atom is -0.477 e. The van der Waals surface area contributed by atoms with Crippen molar-refractivity contribution in [3.63, 3.8) is 0 Å². The van der Waals surface area contributed by atoms with E-state index in [1.165, 1.54) is 0 Å². The van der Waals surface area contributed by atoms with Crippen LogP contribution in [-0.2, 0) is 4.74 Å². The molecule has 2 aliphatic rings. The van der Waals surface area contributed by atoms with Crippen LogP contribution in [0.2, 0.25) is 0 Å². The summed E-state index contributed by atoms with van der Waals surface area (Å²) in [5.74, 6) is 1.32. The van der Waals surface area contributed by atoms with Crippen LogP contribution in [0.25, 0.3) is 0 Å². The molecule has 0 amide bonds. The van der Waals surface area contributed by atoms with Gasteiger partial charge in [0.2, 0.25) is 5.88 Å². The summed E-state index contributed by atoms with van der Waals surface area (Å²) in [6.45, 7) is 4.57. The SMILES string of the molecule is CN1C[C@@H]2COC[C@]2(COc2ccccn2)C1. The summed E-state index contributed by atoms with van der Waals surface area (Å²) in [6.07, 6.45) is 1.76. The van der Waals surface area contributed by atoms with Gasteiger partial charge in [-0.2, -0.15) is 0 Å². The van der Waals surface area contributed by atoms with E-state index in [0.717, 1.165) is 26.3 Å². The molecule has 0 N–H and O–H groups in total. The lowest BCUT2D eigenvalue weighted by Crippen LogP contribution is -2.36. The summed E-state index contributed by atoms with van der Waals surface area (Å²) in [7, 11) is 2.17. The first-order valence-electron chi connectivity index (χ1n) is 6.09. The second-order valence-corrected chi connectivity index (χ2v) is 5.23. The van der Waals surface area contributed by atoms with Gasteiger partial charge >= 0.3 is 0 Å². The topological polar surface area (TPSA) is 34.6 Å². The van der Waals surface area contributed by atoms with Crippen LogP contribution in [0.5, 0.6) is 5.88 Å². The monoisotopic (exact) mass is 234 g/mol. The average molecular weight is 234 g/mol. The third-order valence-electron chi connectivity index (χ3n) is 3.84. The fourth-order valence-electron chi connectivity index (χ4n) is 2.95. The van der Waals surface area contributed by atoms with Gasteiger partial charge in [0, 0.05) is 36.7 Å². The van der Waals surface area contributed by atoms with Gasteiger partial charge in [-0.3, -0.25) is 0 Å². The van der Waals surface area contributed by atoms with Crippen LogP contribution in [0.3, 0.4) is 0 Å². The molecule has 1 aromatic heterocycles. The highest BCUT2D eigenvalue weighted by Gasteiger charge is 2.50. The maximum absolute atomic E-state index is 5.83. The number of hydrogen-bond donors (Lipinski definition) is 0. The van der Waals surface area contributed by atoms with E-state index in [1.807, 2.05) is 18.2 Å². The number of likely N-dealkylation sites (tertiary alicyclic amines) is 1. The van der Waals surface area contributed by atoms with Gasteiger partial charge < -0.3 is 14.4 Å². The van der Waals surface area contributed by atoms with Crippen molar-refractivity contribution >= 4 is 0 Å². The molecule has 2 atom stereocenters. The average Bonchev–Trinajstić information content (AvgIpc) is 2.84. The second-order valence-electron chi connectivity index (χ2n) is 5.23. The number of ether oxygens (including phenoxy) is 2. The molecular formula is C13H18N2O2. The van der Waals surface area contributed by atoms with E-state index in [1.54, 1.807) is 6.20 Å². The van der Waals surface area contributed by atoms with Crippen molar-refractivity contribution in [2.45, 2.75) is 0 Å². The molecule has 2 aliphatic heterocycles. The van der Waals surface area contributed by atoms with Crippen molar-refractivity contribution in [3.8, 4) is 5.88 Å². The third kappa shape index (κ3) is 2.03. The summed E-state index contributed by atoms with van der Waals surface area (Å²) in [5.41, 5.74) is 0.173. The van der Waals surface area contributed by atoms with Gasteiger partial charge in [0.15, 0.2) is 0 Å². The van der Waals surface area contributed by atoms with Crippen LogP contribution in [0.15, 0.2) is 24.4 Å². The van der Waals surface area contributed by atoms with Crippen LogP contribution in [0, 0.1) is 11.3 Å². The highest BCUT2D eigenvalue weighted by molar-refractivity contribution is 5.10. The molecule has 2 saturated heterocycles. The molecule has 3 rings (SSSR count). The van der Waals surface area contributed by atoms with Gasteiger partial charge in [-0.15, -0.1) is 0 Å². The Morgan fingerprint density at radius 2 is 2.53 bits per heavy atom. The maximum atomic E-state index is 5.83. The number of rotatable bonds is 3. The number of pyridine rings is 1. The third-order valence-corrected chi connectivity index (χ3v) is 3.84. The Morgan fingerprint density at radius 3 is 3.35 bits per heavy atom. The Morgan fingerprint density at radius 1 is 1.59 bits per heavy atom. The van der Waals surface area contributed by atoms with Crippen LogP contribution in [0.4, 0.5) is 0 Å². The van der Waals surface area contributed by atoms with E-state index < -0.39 is 0 Å². The molecule has 0 spiro atoms. The van der Waals surface area contributed by atoms with Crippen molar-refractivity contribution in [1.82, 2.24) is 9.88 Å². The smallest absolute Gasteiger partial charge is 0.213 e. The van der Waals surface area contributed by atoms with E-state index in [2.05, 4.69) is 16.9 Å². The summed E-state index contributed by atoms with van der Waals surface area (Å²) >= 11 is 0. The van der Waals surface area contributed by atoms with Crippen molar-refractivity contribution in [3.05, 3.63) is 24.4 Å². The molecule has 3 heterocycles. The van der Waals surface area contributed by atoms with Gasteiger partial charge in [0.25, 0.3) is 0 Å². The summed E-state index contributed by atoms with van der Waals surface area (Å²) in [4.78, 5) is 6.56. The van der Waals surface area contributed by atoms with Crippen molar-refractivity contribution in [2.75, 3.05) is 40.0 Å². The molecule has 0 unspecified atom stereocenters. The van der Waals surface area contributed by atoms with E-state index in [4.69, 9.17) is 9.47 Å². The number of aromatic nitrogens is 1. The molecule has 0 aromatic carbocycles. The Hall–Kier alpha value is -1.13. The summed E-state index contributed by atoms with van der Waals surface area (Å²) in [5, 5.41) is 0. The van der Waals surface area contributed by atoms with Crippen LogP contribution in [-0.4, -0.2) is 49.8 Å². The predicted octanol–water partition coefficient (Wildman–Crippen LogP) is 1.04. The molecule has 0 bridgehead atoms. The predicted molar refractivity (Wildman–Crippen MR) is 64.0 cm³/mol. The first-order valence-corrected chi connectivity index (χ1v) is 6.09. The molecule has 4 nitrogen and oxygen atoms in total. The highest BCUT2D eigenvalue weighted by atomic mass is 16.5. The molecule has 92 valence electrons. The first-order chi connectivity index (χ1) is 8.28. The van der Waals surface area contributed by atoms with Crippen molar-refractivity contribution in [1.29, 1.82) is 0 Å². The van der Waals surface area contributed by atoms with Gasteiger partial charge in [0.05, 0.1) is 19.8 Å². The van der Waals surface area contributed by atoms with E-state index in [-0.39, 0.29) is 5.41 Å². The zero-order chi connectivity index (χ0) is 11.7. The molecule has 0 aliphatic carbocycles. The quantitative estimate of drug-likeness (QED) is 0.782. The lowest BCUT2D eigenvalue weighted by Gasteiger charge is -2.26. The molecule has 0 saturated carbocycles.